The molecule has 0 heterocycles. The van der Waals surface area contributed by atoms with E-state index in [9.17, 15) is 0 Å². The molecule has 94 valence electrons. The first kappa shape index (κ1) is 12.6. The molecule has 3 heteroatoms. The molecule has 0 aliphatic heterocycles. The first-order valence-corrected chi connectivity index (χ1v) is 6.22. The Kier molecular flexibility index (Phi) is 4.54. The molecule has 0 amide bonds. The lowest BCUT2D eigenvalue weighted by Crippen LogP contribution is -2.28. The van der Waals surface area contributed by atoms with Crippen LogP contribution in [0.15, 0.2) is 24.3 Å². The van der Waals surface area contributed by atoms with Gasteiger partial charge in [0.05, 0.1) is 12.1 Å². The van der Waals surface area contributed by atoms with Gasteiger partial charge in [-0.3, -0.25) is 0 Å². The Morgan fingerprint density at radius 2 is 2.12 bits per heavy atom. The second-order valence-corrected chi connectivity index (χ2v) is 4.42. The fraction of sp³-hybridized carbons (Fsp3) is 0.571. The summed E-state index contributed by atoms with van der Waals surface area (Å²) in [5.41, 5.74) is 2.79. The lowest BCUT2D eigenvalue weighted by atomic mass is 10.1. The maximum Gasteiger partial charge on any atom is 0.0810 e. The van der Waals surface area contributed by atoms with Crippen LogP contribution >= 0.6 is 0 Å². The van der Waals surface area contributed by atoms with Crippen molar-refractivity contribution in [3.8, 4) is 0 Å². The van der Waals surface area contributed by atoms with E-state index in [1.807, 2.05) is 7.05 Å². The number of nitrogens with one attached hydrogen (secondary N) is 1. The molecule has 0 spiro atoms. The Morgan fingerprint density at radius 1 is 1.29 bits per heavy atom. The molecule has 2 unspecified atom stereocenters. The third-order valence-electron chi connectivity index (χ3n) is 3.32. The van der Waals surface area contributed by atoms with Crippen molar-refractivity contribution < 1.29 is 9.47 Å². The van der Waals surface area contributed by atoms with E-state index in [-0.39, 0.29) is 6.10 Å². The van der Waals surface area contributed by atoms with E-state index in [2.05, 4.69) is 29.6 Å². The molecule has 1 aromatic carbocycles. The number of ether oxygens (including phenoxy) is 2. The van der Waals surface area contributed by atoms with E-state index < -0.39 is 0 Å². The minimum Gasteiger partial charge on any atom is -0.385 e. The van der Waals surface area contributed by atoms with Crippen molar-refractivity contribution in [3.05, 3.63) is 35.4 Å². The van der Waals surface area contributed by atoms with Crippen LogP contribution < -0.4 is 5.32 Å². The van der Waals surface area contributed by atoms with Gasteiger partial charge in [0.25, 0.3) is 0 Å². The normalized spacial score (nSPS) is 22.7. The maximum atomic E-state index is 5.95. The average Bonchev–Trinajstić information content (AvgIpc) is 2.72. The fourth-order valence-electron chi connectivity index (χ4n) is 2.49. The van der Waals surface area contributed by atoms with Gasteiger partial charge < -0.3 is 14.8 Å². The molecule has 1 aliphatic rings. The summed E-state index contributed by atoms with van der Waals surface area (Å²) in [6.45, 7) is 1.54. The molecule has 0 aromatic heterocycles. The summed E-state index contributed by atoms with van der Waals surface area (Å²) >= 11 is 0. The molecule has 1 N–H and O–H groups in total. The van der Waals surface area contributed by atoms with Gasteiger partial charge in [0, 0.05) is 26.7 Å². The third kappa shape index (κ3) is 2.86. The van der Waals surface area contributed by atoms with Crippen LogP contribution in [0.25, 0.3) is 0 Å². The van der Waals surface area contributed by atoms with Crippen molar-refractivity contribution in [2.45, 2.75) is 25.0 Å². The minimum atomic E-state index is 0.259. The van der Waals surface area contributed by atoms with Crippen molar-refractivity contribution in [2.75, 3.05) is 27.4 Å². The van der Waals surface area contributed by atoms with E-state index in [4.69, 9.17) is 9.47 Å². The summed E-state index contributed by atoms with van der Waals surface area (Å²) in [5, 5.41) is 3.35. The number of hydrogen-bond acceptors (Lipinski definition) is 3. The molecule has 2 rings (SSSR count). The Morgan fingerprint density at radius 3 is 2.88 bits per heavy atom. The number of benzene rings is 1. The number of methoxy groups -OCH3 is 1. The Labute approximate surface area is 103 Å². The lowest BCUT2D eigenvalue weighted by Gasteiger charge is -2.20. The number of fused-ring (bicyclic) bond motifs is 1. The summed E-state index contributed by atoms with van der Waals surface area (Å²) in [6.07, 6.45) is 2.23. The van der Waals surface area contributed by atoms with Crippen LogP contribution in [0.1, 0.15) is 23.6 Å². The molecule has 0 bridgehead atoms. The molecule has 2 atom stereocenters. The highest BCUT2D eigenvalue weighted by Crippen LogP contribution is 2.32. The molecule has 0 saturated heterocycles. The molecular weight excluding hydrogens is 214 g/mol. The van der Waals surface area contributed by atoms with E-state index in [0.29, 0.717) is 6.04 Å². The van der Waals surface area contributed by atoms with Crippen LogP contribution in [0.3, 0.4) is 0 Å². The standard InChI is InChI=1S/C14H21NO2/c1-15-14-12-7-4-3-6-11(12)10-13(14)17-9-5-8-16-2/h3-4,6-7,13-15H,5,8-10H2,1-2H3. The van der Waals surface area contributed by atoms with Crippen LogP contribution in [-0.4, -0.2) is 33.5 Å². The molecule has 1 aromatic rings. The maximum absolute atomic E-state index is 5.95. The van der Waals surface area contributed by atoms with E-state index in [1.54, 1.807) is 7.11 Å². The van der Waals surface area contributed by atoms with Gasteiger partial charge >= 0.3 is 0 Å². The number of hydrogen-bond donors (Lipinski definition) is 1. The Bertz CT molecular complexity index is 354. The third-order valence-corrected chi connectivity index (χ3v) is 3.32. The van der Waals surface area contributed by atoms with Gasteiger partial charge in [-0.05, 0) is 24.6 Å². The van der Waals surface area contributed by atoms with Gasteiger partial charge in [0.2, 0.25) is 0 Å². The minimum absolute atomic E-state index is 0.259. The monoisotopic (exact) mass is 235 g/mol. The van der Waals surface area contributed by atoms with Crippen molar-refractivity contribution in [3.63, 3.8) is 0 Å². The number of rotatable bonds is 6. The average molecular weight is 235 g/mol. The van der Waals surface area contributed by atoms with Crippen LogP contribution in [0, 0.1) is 0 Å². The number of likely N-dealkylation sites (N-methyl/N-ethyl adjacent to an activating group) is 1. The second kappa shape index (κ2) is 6.15. The van der Waals surface area contributed by atoms with Crippen LogP contribution in [-0.2, 0) is 15.9 Å². The second-order valence-electron chi connectivity index (χ2n) is 4.42. The zero-order chi connectivity index (χ0) is 12.1. The van der Waals surface area contributed by atoms with Crippen molar-refractivity contribution >= 4 is 0 Å². The predicted molar refractivity (Wildman–Crippen MR) is 68.2 cm³/mol. The Hall–Kier alpha value is -0.900. The SMILES string of the molecule is CNC1c2ccccc2CC1OCCCOC. The molecule has 3 nitrogen and oxygen atoms in total. The summed E-state index contributed by atoms with van der Waals surface area (Å²) in [7, 11) is 3.72. The fourth-order valence-corrected chi connectivity index (χ4v) is 2.49. The Balaban J connectivity index is 1.93. The summed E-state index contributed by atoms with van der Waals surface area (Å²) in [5.74, 6) is 0. The molecule has 0 fully saturated rings. The van der Waals surface area contributed by atoms with Crippen molar-refractivity contribution in [1.29, 1.82) is 0 Å². The van der Waals surface area contributed by atoms with Gasteiger partial charge in [-0.25, -0.2) is 0 Å². The van der Waals surface area contributed by atoms with Crippen molar-refractivity contribution in [2.24, 2.45) is 0 Å². The highest BCUT2D eigenvalue weighted by Gasteiger charge is 2.31. The van der Waals surface area contributed by atoms with E-state index >= 15 is 0 Å². The molecule has 1 aliphatic carbocycles. The predicted octanol–water partition coefficient (Wildman–Crippen LogP) is 1.92. The smallest absolute Gasteiger partial charge is 0.0810 e. The largest absolute Gasteiger partial charge is 0.385 e. The van der Waals surface area contributed by atoms with Crippen LogP contribution in [0.2, 0.25) is 0 Å². The highest BCUT2D eigenvalue weighted by atomic mass is 16.5. The van der Waals surface area contributed by atoms with Gasteiger partial charge in [-0.1, -0.05) is 24.3 Å². The zero-order valence-electron chi connectivity index (χ0n) is 10.6. The summed E-state index contributed by atoms with van der Waals surface area (Å²) in [6, 6.07) is 8.90. The topological polar surface area (TPSA) is 30.5 Å². The summed E-state index contributed by atoms with van der Waals surface area (Å²) < 4.78 is 11.0. The molecular formula is C14H21NO2. The molecule has 0 saturated carbocycles. The van der Waals surface area contributed by atoms with Crippen LogP contribution in [0.4, 0.5) is 0 Å². The zero-order valence-corrected chi connectivity index (χ0v) is 10.6. The van der Waals surface area contributed by atoms with Crippen molar-refractivity contribution in [1.82, 2.24) is 5.32 Å². The van der Waals surface area contributed by atoms with Gasteiger partial charge in [0.15, 0.2) is 0 Å². The van der Waals surface area contributed by atoms with E-state index in [1.165, 1.54) is 11.1 Å². The molecule has 17 heavy (non-hydrogen) atoms. The molecule has 0 radical (unpaired) electrons. The van der Waals surface area contributed by atoms with Gasteiger partial charge in [-0.15, -0.1) is 0 Å². The quantitative estimate of drug-likeness (QED) is 0.764. The highest BCUT2D eigenvalue weighted by molar-refractivity contribution is 5.36. The van der Waals surface area contributed by atoms with Gasteiger partial charge in [-0.2, -0.15) is 0 Å². The van der Waals surface area contributed by atoms with Crippen LogP contribution in [0.5, 0.6) is 0 Å². The first-order valence-electron chi connectivity index (χ1n) is 6.22. The van der Waals surface area contributed by atoms with E-state index in [0.717, 1.165) is 26.1 Å². The summed E-state index contributed by atoms with van der Waals surface area (Å²) in [4.78, 5) is 0. The van der Waals surface area contributed by atoms with Gasteiger partial charge in [0.1, 0.15) is 0 Å². The first-order chi connectivity index (χ1) is 8.36. The lowest BCUT2D eigenvalue weighted by molar-refractivity contribution is 0.0252.